The van der Waals surface area contributed by atoms with Crippen molar-refractivity contribution in [3.8, 4) is 0 Å². The number of halogens is 3. The number of nitrogens with zero attached hydrogens (tertiary/aromatic N) is 2. The molecule has 1 aliphatic rings. The van der Waals surface area contributed by atoms with E-state index in [1.54, 1.807) is 0 Å². The largest absolute Gasteiger partial charge is 0.410 e. The Kier molecular flexibility index (Phi) is 6.94. The minimum absolute atomic E-state index is 0.118. The first kappa shape index (κ1) is 25.5. The first-order valence-electron chi connectivity index (χ1n) is 11.4. The molecule has 11 heteroatoms. The maximum Gasteiger partial charge on any atom is 0.410 e. The molecule has 4 N–H and O–H groups in total. The summed E-state index contributed by atoms with van der Waals surface area (Å²) in [6.45, 7) is 7.76. The number of aryl methyl sites for hydroxylation is 4. The maximum absolute atomic E-state index is 14.0. The molecule has 1 aliphatic heterocycles. The van der Waals surface area contributed by atoms with Crippen molar-refractivity contribution in [1.82, 2.24) is 20.6 Å². The molecule has 2 heterocycles. The molecule has 0 saturated heterocycles. The van der Waals surface area contributed by atoms with Crippen LogP contribution in [0, 0.1) is 27.7 Å². The first-order valence-corrected chi connectivity index (χ1v) is 11.8. The molecule has 2 atom stereocenters. The number of rotatable bonds is 3. The fourth-order valence-corrected chi connectivity index (χ4v) is 4.33. The highest BCUT2D eigenvalue weighted by Crippen LogP contribution is 2.43. The Morgan fingerprint density at radius 1 is 1.03 bits per heavy atom. The number of fused-ring (bicyclic) bond motifs is 1. The molecule has 2 aromatic carbocycles. The summed E-state index contributed by atoms with van der Waals surface area (Å²) in [6.07, 6.45) is -4.78. The van der Waals surface area contributed by atoms with E-state index >= 15 is 0 Å². The maximum atomic E-state index is 14.0. The zero-order chi connectivity index (χ0) is 26.2. The van der Waals surface area contributed by atoms with Gasteiger partial charge in [-0.2, -0.15) is 18.3 Å². The summed E-state index contributed by atoms with van der Waals surface area (Å²) in [5.41, 5.74) is 10.4. The number of anilines is 2. The van der Waals surface area contributed by atoms with Crippen molar-refractivity contribution in [2.75, 3.05) is 10.6 Å². The van der Waals surface area contributed by atoms with Crippen LogP contribution in [0.1, 0.15) is 56.8 Å². The van der Waals surface area contributed by atoms with Gasteiger partial charge in [-0.15, -0.1) is 0 Å². The van der Waals surface area contributed by atoms with Gasteiger partial charge < -0.3 is 10.6 Å². The van der Waals surface area contributed by atoms with E-state index in [0.29, 0.717) is 0 Å². The third-order valence-electron chi connectivity index (χ3n) is 6.28. The Morgan fingerprint density at radius 3 is 2.44 bits per heavy atom. The summed E-state index contributed by atoms with van der Waals surface area (Å²) in [4.78, 5) is 12.7. The number of amides is 1. The topological polar surface area (TPSA) is 83.0 Å². The summed E-state index contributed by atoms with van der Waals surface area (Å²) in [5, 5.41) is 10.2. The van der Waals surface area contributed by atoms with Gasteiger partial charge in [-0.05, 0) is 68.2 Å². The van der Waals surface area contributed by atoms with Crippen LogP contribution in [0.3, 0.4) is 0 Å². The normalized spacial score (nSPS) is 17.1. The van der Waals surface area contributed by atoms with Crippen LogP contribution < -0.4 is 21.5 Å². The van der Waals surface area contributed by atoms with Crippen LogP contribution in [0.25, 0.3) is 0 Å². The van der Waals surface area contributed by atoms with Crippen LogP contribution in [-0.4, -0.2) is 27.0 Å². The van der Waals surface area contributed by atoms with Gasteiger partial charge >= 0.3 is 6.18 Å². The van der Waals surface area contributed by atoms with Gasteiger partial charge in [-0.3, -0.25) is 15.6 Å². The lowest BCUT2D eigenvalue weighted by Gasteiger charge is -2.33. The van der Waals surface area contributed by atoms with Gasteiger partial charge in [0, 0.05) is 18.2 Å². The molecule has 0 spiro atoms. The number of hydrogen-bond acceptors (Lipinski definition) is 4. The number of aromatic nitrogens is 2. The zero-order valence-corrected chi connectivity index (χ0v) is 21.1. The van der Waals surface area contributed by atoms with E-state index in [1.807, 2.05) is 64.1 Å². The quantitative estimate of drug-likeness (QED) is 0.275. The number of thiocarbonyl (C=S) groups is 1. The van der Waals surface area contributed by atoms with E-state index in [2.05, 4.69) is 26.6 Å². The van der Waals surface area contributed by atoms with Gasteiger partial charge in [0.1, 0.15) is 5.82 Å². The van der Waals surface area contributed by atoms with E-state index in [1.165, 1.54) is 6.07 Å². The molecule has 1 amide bonds. The highest BCUT2D eigenvalue weighted by molar-refractivity contribution is 7.80. The Bertz CT molecular complexity index is 1320. The van der Waals surface area contributed by atoms with Crippen molar-refractivity contribution in [3.63, 3.8) is 0 Å². The second-order valence-corrected chi connectivity index (χ2v) is 9.45. The molecule has 0 aliphatic carbocycles. The van der Waals surface area contributed by atoms with Crippen LogP contribution in [-0.2, 0) is 0 Å². The van der Waals surface area contributed by atoms with Gasteiger partial charge in [0.25, 0.3) is 5.91 Å². The summed E-state index contributed by atoms with van der Waals surface area (Å²) < 4.78 is 42.7. The molecule has 0 bridgehead atoms. The number of hydrazine groups is 1. The van der Waals surface area contributed by atoms with E-state index in [9.17, 15) is 18.0 Å². The molecule has 0 unspecified atom stereocenters. The van der Waals surface area contributed by atoms with Gasteiger partial charge in [-0.1, -0.05) is 35.9 Å². The molecule has 0 radical (unpaired) electrons. The number of carbonyl (C=O) groups excluding carboxylic acids is 1. The van der Waals surface area contributed by atoms with Crippen molar-refractivity contribution in [2.24, 2.45) is 0 Å². The van der Waals surface area contributed by atoms with Crippen LogP contribution in [0.15, 0.2) is 42.5 Å². The molecule has 0 saturated carbocycles. The molecule has 1 aromatic heterocycles. The van der Waals surface area contributed by atoms with E-state index in [4.69, 9.17) is 12.2 Å². The number of nitrogens with one attached hydrogen (secondary N) is 4. The van der Waals surface area contributed by atoms with Crippen LogP contribution in [0.5, 0.6) is 0 Å². The van der Waals surface area contributed by atoms with Gasteiger partial charge in [0.15, 0.2) is 16.8 Å². The van der Waals surface area contributed by atoms with Crippen molar-refractivity contribution in [2.45, 2.75) is 52.4 Å². The molecule has 4 rings (SSSR count). The monoisotopic (exact) mass is 516 g/mol. The molecule has 36 heavy (non-hydrogen) atoms. The van der Waals surface area contributed by atoms with Crippen LogP contribution >= 0.6 is 12.2 Å². The number of alkyl halides is 3. The lowest BCUT2D eigenvalue weighted by molar-refractivity contribution is -0.173. The van der Waals surface area contributed by atoms with E-state index < -0.39 is 24.2 Å². The van der Waals surface area contributed by atoms with Gasteiger partial charge in [-0.25, -0.2) is 4.68 Å². The lowest BCUT2D eigenvalue weighted by atomic mass is 9.94. The Morgan fingerprint density at radius 2 is 1.78 bits per heavy atom. The van der Waals surface area contributed by atoms with Gasteiger partial charge in [0.2, 0.25) is 0 Å². The third-order valence-corrected chi connectivity index (χ3v) is 6.48. The second kappa shape index (κ2) is 9.81. The number of hydrogen-bond donors (Lipinski definition) is 4. The summed E-state index contributed by atoms with van der Waals surface area (Å²) in [6, 6.07) is 10.2. The Hall–Kier alpha value is -3.60. The van der Waals surface area contributed by atoms with Crippen LogP contribution in [0.4, 0.5) is 24.7 Å². The Balaban J connectivity index is 1.49. The number of carbonyl (C=O) groups is 1. The van der Waals surface area contributed by atoms with Crippen molar-refractivity contribution >= 4 is 34.7 Å². The zero-order valence-electron chi connectivity index (χ0n) is 20.2. The third kappa shape index (κ3) is 5.46. The predicted molar refractivity (Wildman–Crippen MR) is 137 cm³/mol. The highest BCUT2D eigenvalue weighted by Gasteiger charge is 2.46. The van der Waals surface area contributed by atoms with Gasteiger partial charge in [0.05, 0.1) is 6.04 Å². The molecular formula is C25H27F3N6OS. The van der Waals surface area contributed by atoms with Crippen LogP contribution in [0.2, 0.25) is 0 Å². The second-order valence-electron chi connectivity index (χ2n) is 9.04. The van der Waals surface area contributed by atoms with Crippen molar-refractivity contribution in [3.05, 3.63) is 76.0 Å². The molecular weight excluding hydrogens is 489 g/mol. The van der Waals surface area contributed by atoms with Crippen molar-refractivity contribution < 1.29 is 18.0 Å². The summed E-state index contributed by atoms with van der Waals surface area (Å²) in [7, 11) is 0. The highest BCUT2D eigenvalue weighted by atomic mass is 32.1. The van der Waals surface area contributed by atoms with Crippen molar-refractivity contribution in [1.29, 1.82) is 0 Å². The molecule has 0 fully saturated rings. The van der Waals surface area contributed by atoms with E-state index in [0.717, 1.165) is 38.2 Å². The average Bonchev–Trinajstić information content (AvgIpc) is 3.24. The first-order chi connectivity index (χ1) is 16.9. The lowest BCUT2D eigenvalue weighted by Crippen LogP contribution is -2.44. The standard InChI is InChI=1S/C25H27F3N6OS/c1-13-5-8-18(16(4)9-13)30-24(36)32-31-23(35)20-12-22-29-19(17-7-6-14(2)15(3)10-17)11-21(25(26,27)28)34(22)33-20/h5-10,12,19,21,29H,11H2,1-4H3,(H,31,35)(H2,30,32,36)/t19-,21+/m1/s1. The van der Waals surface area contributed by atoms with E-state index in [-0.39, 0.29) is 23.0 Å². The molecule has 190 valence electrons. The molecule has 3 aromatic rings. The average molecular weight is 517 g/mol. The SMILES string of the molecule is Cc1ccc(NC(=S)NNC(=O)c2cc3n(n2)[C@H](C(F)(F)F)C[C@H](c2ccc(C)c(C)c2)N3)c(C)c1. The smallest absolute Gasteiger partial charge is 0.363 e. The minimum atomic E-state index is -4.54. The fraction of sp³-hybridized carbons (Fsp3) is 0.320. The predicted octanol–water partition coefficient (Wildman–Crippen LogP) is 5.41. The summed E-state index contributed by atoms with van der Waals surface area (Å²) >= 11 is 5.22. The fourth-order valence-electron chi connectivity index (χ4n) is 4.17. The Labute approximate surface area is 212 Å². The molecule has 7 nitrogen and oxygen atoms in total. The summed E-state index contributed by atoms with van der Waals surface area (Å²) in [5.74, 6) is -0.597. The minimum Gasteiger partial charge on any atom is -0.363 e. The number of benzene rings is 2.